The minimum atomic E-state index is -3.43. The first-order valence-corrected chi connectivity index (χ1v) is 8.93. The van der Waals surface area contributed by atoms with Gasteiger partial charge < -0.3 is 0 Å². The van der Waals surface area contributed by atoms with Crippen molar-refractivity contribution in [3.05, 3.63) is 28.7 Å². The van der Waals surface area contributed by atoms with Gasteiger partial charge in [-0.25, -0.2) is 13.1 Å². The van der Waals surface area contributed by atoms with Crippen LogP contribution in [0, 0.1) is 11.8 Å². The maximum atomic E-state index is 12.4. The summed E-state index contributed by atoms with van der Waals surface area (Å²) in [5, 5.41) is 0. The summed E-state index contributed by atoms with van der Waals surface area (Å²) in [4.78, 5) is 0.320. The van der Waals surface area contributed by atoms with Gasteiger partial charge in [0.15, 0.2) is 0 Å². The van der Waals surface area contributed by atoms with E-state index in [0.29, 0.717) is 21.2 Å². The minimum Gasteiger partial charge on any atom is -0.208 e. The Hall–Kier alpha value is -0.390. The molecule has 2 unspecified atom stereocenters. The molecule has 5 heteroatoms. The lowest BCUT2D eigenvalue weighted by Crippen LogP contribution is -2.40. The van der Waals surface area contributed by atoms with E-state index >= 15 is 0 Å². The second-order valence-corrected chi connectivity index (χ2v) is 8.20. The number of rotatable bonds is 3. The number of halogens is 1. The van der Waals surface area contributed by atoms with Crippen molar-refractivity contribution in [2.45, 2.75) is 44.0 Å². The summed E-state index contributed by atoms with van der Waals surface area (Å²) in [6.07, 6.45) is 3.04. The van der Waals surface area contributed by atoms with Crippen molar-refractivity contribution in [2.24, 2.45) is 11.8 Å². The van der Waals surface area contributed by atoms with Crippen LogP contribution in [0.3, 0.4) is 0 Å². The highest BCUT2D eigenvalue weighted by molar-refractivity contribution is 9.10. The molecule has 0 aromatic heterocycles. The maximum Gasteiger partial charge on any atom is 0.241 e. The van der Waals surface area contributed by atoms with E-state index in [9.17, 15) is 8.42 Å². The predicted octanol–water partition coefficient (Wildman–Crippen LogP) is 3.55. The topological polar surface area (TPSA) is 46.2 Å². The molecular weight excluding hydrogens is 326 g/mol. The number of nitrogens with one attached hydrogen (secondary N) is 1. The molecule has 1 N–H and O–H groups in total. The van der Waals surface area contributed by atoms with E-state index in [0.717, 1.165) is 12.8 Å². The third-order valence-electron chi connectivity index (χ3n) is 3.63. The third kappa shape index (κ3) is 3.80. The first kappa shape index (κ1) is 15.0. The fourth-order valence-corrected chi connectivity index (χ4v) is 5.25. The smallest absolute Gasteiger partial charge is 0.208 e. The summed E-state index contributed by atoms with van der Waals surface area (Å²) in [7, 11) is -3.43. The fraction of sp³-hybridized carbons (Fsp3) is 0.571. The van der Waals surface area contributed by atoms with Crippen LogP contribution in [0.25, 0.3) is 0 Å². The monoisotopic (exact) mass is 345 g/mol. The van der Waals surface area contributed by atoms with Gasteiger partial charge in [0.05, 0.1) is 4.90 Å². The molecule has 19 heavy (non-hydrogen) atoms. The van der Waals surface area contributed by atoms with Crippen molar-refractivity contribution < 1.29 is 8.42 Å². The molecule has 0 bridgehead atoms. The molecular formula is C14H20BrNO2S. The highest BCUT2D eigenvalue weighted by Gasteiger charge is 2.28. The lowest BCUT2D eigenvalue weighted by atomic mass is 9.81. The number of sulfonamides is 1. The fourth-order valence-electron chi connectivity index (χ4n) is 2.99. The zero-order valence-electron chi connectivity index (χ0n) is 11.3. The molecule has 106 valence electrons. The van der Waals surface area contributed by atoms with Crippen LogP contribution in [0.5, 0.6) is 0 Å². The van der Waals surface area contributed by atoms with Gasteiger partial charge in [0.2, 0.25) is 10.0 Å². The predicted molar refractivity (Wildman–Crippen MR) is 80.4 cm³/mol. The van der Waals surface area contributed by atoms with Crippen molar-refractivity contribution in [1.82, 2.24) is 4.72 Å². The van der Waals surface area contributed by atoms with Crippen molar-refractivity contribution in [2.75, 3.05) is 0 Å². The van der Waals surface area contributed by atoms with Crippen LogP contribution in [0.1, 0.15) is 33.1 Å². The molecule has 1 aromatic rings. The lowest BCUT2D eigenvalue weighted by Gasteiger charge is -2.31. The Morgan fingerprint density at radius 3 is 2.26 bits per heavy atom. The first-order chi connectivity index (χ1) is 8.88. The molecule has 0 radical (unpaired) electrons. The molecule has 2 rings (SSSR count). The van der Waals surface area contributed by atoms with Crippen LogP contribution >= 0.6 is 15.9 Å². The molecule has 2 atom stereocenters. The Bertz CT molecular complexity index is 534. The van der Waals surface area contributed by atoms with Crippen molar-refractivity contribution in [3.8, 4) is 0 Å². The molecule has 0 aliphatic heterocycles. The normalized spacial score (nSPS) is 28.3. The summed E-state index contributed by atoms with van der Waals surface area (Å²) >= 11 is 3.30. The van der Waals surface area contributed by atoms with Crippen LogP contribution in [0.2, 0.25) is 0 Å². The van der Waals surface area contributed by atoms with Crippen LogP contribution < -0.4 is 4.72 Å². The Morgan fingerprint density at radius 2 is 1.68 bits per heavy atom. The molecule has 0 heterocycles. The molecule has 3 nitrogen and oxygen atoms in total. The summed E-state index contributed by atoms with van der Waals surface area (Å²) < 4.78 is 28.3. The Morgan fingerprint density at radius 1 is 1.11 bits per heavy atom. The highest BCUT2D eigenvalue weighted by atomic mass is 79.9. The molecule has 0 amide bonds. The molecule has 0 spiro atoms. The van der Waals surface area contributed by atoms with Crippen molar-refractivity contribution in [3.63, 3.8) is 0 Å². The van der Waals surface area contributed by atoms with Gasteiger partial charge in [-0.1, -0.05) is 26.0 Å². The second-order valence-electron chi connectivity index (χ2n) is 5.67. The van der Waals surface area contributed by atoms with Gasteiger partial charge in [-0.2, -0.15) is 0 Å². The molecule has 1 aromatic carbocycles. The number of hydrogen-bond acceptors (Lipinski definition) is 2. The molecule has 1 aliphatic rings. The van der Waals surface area contributed by atoms with Crippen LogP contribution in [0.4, 0.5) is 0 Å². The van der Waals surface area contributed by atoms with Crippen LogP contribution in [-0.2, 0) is 10.0 Å². The lowest BCUT2D eigenvalue weighted by molar-refractivity contribution is 0.257. The summed E-state index contributed by atoms with van der Waals surface area (Å²) in [6, 6.07) is 6.98. The first-order valence-electron chi connectivity index (χ1n) is 6.65. The van der Waals surface area contributed by atoms with E-state index in [1.807, 2.05) is 6.07 Å². The van der Waals surface area contributed by atoms with E-state index in [4.69, 9.17) is 0 Å². The highest BCUT2D eigenvalue weighted by Crippen LogP contribution is 2.30. The van der Waals surface area contributed by atoms with Gasteiger partial charge in [-0.3, -0.25) is 0 Å². The van der Waals surface area contributed by atoms with Gasteiger partial charge in [-0.05, 0) is 59.2 Å². The molecule has 1 fully saturated rings. The average molecular weight is 346 g/mol. The van der Waals surface area contributed by atoms with Gasteiger partial charge in [-0.15, -0.1) is 0 Å². The zero-order chi connectivity index (χ0) is 14.0. The second kappa shape index (κ2) is 5.94. The van der Waals surface area contributed by atoms with E-state index in [2.05, 4.69) is 34.5 Å². The minimum absolute atomic E-state index is 0.0517. The number of benzene rings is 1. The van der Waals surface area contributed by atoms with E-state index in [1.54, 1.807) is 18.2 Å². The van der Waals surface area contributed by atoms with E-state index in [-0.39, 0.29) is 6.04 Å². The van der Waals surface area contributed by atoms with Crippen LogP contribution in [0.15, 0.2) is 33.6 Å². The van der Waals surface area contributed by atoms with E-state index < -0.39 is 10.0 Å². The summed E-state index contributed by atoms with van der Waals surface area (Å²) in [6.45, 7) is 4.38. The van der Waals surface area contributed by atoms with Gasteiger partial charge in [0, 0.05) is 10.5 Å². The summed E-state index contributed by atoms with van der Waals surface area (Å²) in [5.41, 5.74) is 0. The maximum absolute atomic E-state index is 12.4. The van der Waals surface area contributed by atoms with E-state index in [1.165, 1.54) is 6.42 Å². The SMILES string of the molecule is CC1CC(C)CC(NS(=O)(=O)c2ccccc2Br)C1. The Labute approximate surface area is 124 Å². The molecule has 1 saturated carbocycles. The Kier molecular flexibility index (Phi) is 4.69. The summed E-state index contributed by atoms with van der Waals surface area (Å²) in [5.74, 6) is 1.16. The van der Waals surface area contributed by atoms with Crippen LogP contribution in [-0.4, -0.2) is 14.5 Å². The van der Waals surface area contributed by atoms with Crippen molar-refractivity contribution >= 4 is 26.0 Å². The van der Waals surface area contributed by atoms with Gasteiger partial charge >= 0.3 is 0 Å². The zero-order valence-corrected chi connectivity index (χ0v) is 13.7. The third-order valence-corrected chi connectivity index (χ3v) is 6.16. The Balaban J connectivity index is 2.16. The molecule has 1 aliphatic carbocycles. The quantitative estimate of drug-likeness (QED) is 0.910. The average Bonchev–Trinajstić information content (AvgIpc) is 2.26. The van der Waals surface area contributed by atoms with Gasteiger partial charge in [0.1, 0.15) is 0 Å². The number of hydrogen-bond donors (Lipinski definition) is 1. The largest absolute Gasteiger partial charge is 0.241 e. The standard InChI is InChI=1S/C14H20BrNO2S/c1-10-7-11(2)9-12(8-10)16-19(17,18)14-6-4-3-5-13(14)15/h3-6,10-12,16H,7-9H2,1-2H3. The van der Waals surface area contributed by atoms with Gasteiger partial charge in [0.25, 0.3) is 0 Å². The van der Waals surface area contributed by atoms with Crippen molar-refractivity contribution in [1.29, 1.82) is 0 Å². The molecule has 0 saturated heterocycles.